The number of hydrogen-bond acceptors (Lipinski definition) is 2. The van der Waals surface area contributed by atoms with E-state index >= 15 is 0 Å². The lowest BCUT2D eigenvalue weighted by Crippen LogP contribution is -2.34. The lowest BCUT2D eigenvalue weighted by Gasteiger charge is -2.19. The van der Waals surface area contributed by atoms with Crippen LogP contribution < -0.4 is 5.32 Å². The highest BCUT2D eigenvalue weighted by Gasteiger charge is 2.11. The van der Waals surface area contributed by atoms with Crippen molar-refractivity contribution >= 4 is 0 Å². The average Bonchev–Trinajstić information content (AvgIpc) is 2.79. The third-order valence-electron chi connectivity index (χ3n) is 2.89. The Morgan fingerprint density at radius 3 is 2.45 bits per heavy atom. The lowest BCUT2D eigenvalue weighted by atomic mass is 10.1. The third-order valence-corrected chi connectivity index (χ3v) is 2.89. The van der Waals surface area contributed by atoms with E-state index in [9.17, 15) is 8.78 Å². The van der Waals surface area contributed by atoms with Crippen molar-refractivity contribution in [3.8, 4) is 0 Å². The summed E-state index contributed by atoms with van der Waals surface area (Å²) in [5.41, 5.74) is 1.03. The summed E-state index contributed by atoms with van der Waals surface area (Å²) in [5.74, 6) is -1.09. The molecular weight excluding hydrogens is 260 g/mol. The Balaban J connectivity index is 2.06. The van der Waals surface area contributed by atoms with Gasteiger partial charge in [-0.1, -0.05) is 6.07 Å². The van der Waals surface area contributed by atoms with Gasteiger partial charge in [0.2, 0.25) is 0 Å². The van der Waals surface area contributed by atoms with Gasteiger partial charge in [0.05, 0.1) is 12.7 Å². The summed E-state index contributed by atoms with van der Waals surface area (Å²) in [6.45, 7) is 6.99. The van der Waals surface area contributed by atoms with Gasteiger partial charge in [-0.05, 0) is 32.9 Å². The van der Waals surface area contributed by atoms with Crippen molar-refractivity contribution in [1.29, 1.82) is 0 Å². The molecule has 0 unspecified atom stereocenters. The minimum absolute atomic E-state index is 0.0136. The molecule has 1 heterocycles. The monoisotopic (exact) mass is 279 g/mol. The molecular formula is C15H19F2N3. The van der Waals surface area contributed by atoms with E-state index in [1.807, 2.05) is 0 Å². The minimum Gasteiger partial charge on any atom is -0.308 e. The van der Waals surface area contributed by atoms with Gasteiger partial charge in [0.1, 0.15) is 11.6 Å². The fourth-order valence-corrected chi connectivity index (χ4v) is 1.80. The van der Waals surface area contributed by atoms with E-state index in [1.165, 1.54) is 18.2 Å². The highest BCUT2D eigenvalue weighted by atomic mass is 19.1. The molecule has 0 saturated carbocycles. The van der Waals surface area contributed by atoms with Crippen molar-refractivity contribution < 1.29 is 8.78 Å². The molecule has 0 saturated heterocycles. The van der Waals surface area contributed by atoms with Crippen LogP contribution in [0.4, 0.5) is 8.78 Å². The molecule has 0 aliphatic carbocycles. The summed E-state index contributed by atoms with van der Waals surface area (Å²) < 4.78 is 28.7. The normalized spacial score (nSPS) is 11.8. The van der Waals surface area contributed by atoms with Gasteiger partial charge >= 0.3 is 0 Å². The number of halogens is 2. The molecule has 2 aromatic rings. The average molecular weight is 279 g/mol. The van der Waals surface area contributed by atoms with E-state index < -0.39 is 11.6 Å². The quantitative estimate of drug-likeness (QED) is 0.932. The van der Waals surface area contributed by atoms with Gasteiger partial charge in [-0.25, -0.2) is 8.78 Å². The van der Waals surface area contributed by atoms with Crippen molar-refractivity contribution in [3.05, 3.63) is 53.4 Å². The van der Waals surface area contributed by atoms with Gasteiger partial charge in [-0.2, -0.15) is 5.10 Å². The summed E-state index contributed by atoms with van der Waals surface area (Å²) in [6.07, 6.45) is 3.50. The SMILES string of the molecule is CC(C)(C)NCc1cnn(Cc2c(F)cccc2F)c1. The molecule has 1 aromatic heterocycles. The molecule has 0 amide bonds. The first-order valence-corrected chi connectivity index (χ1v) is 6.54. The van der Waals surface area contributed by atoms with Crippen LogP contribution in [0, 0.1) is 11.6 Å². The molecule has 20 heavy (non-hydrogen) atoms. The van der Waals surface area contributed by atoms with Crippen molar-refractivity contribution in [1.82, 2.24) is 15.1 Å². The molecule has 0 aliphatic heterocycles. The van der Waals surface area contributed by atoms with Crippen molar-refractivity contribution in [2.75, 3.05) is 0 Å². The number of nitrogens with zero attached hydrogens (tertiary/aromatic N) is 2. The first kappa shape index (κ1) is 14.7. The molecule has 2 rings (SSSR count). The lowest BCUT2D eigenvalue weighted by molar-refractivity contribution is 0.424. The smallest absolute Gasteiger partial charge is 0.131 e. The highest BCUT2D eigenvalue weighted by molar-refractivity contribution is 5.20. The van der Waals surface area contributed by atoms with Crippen LogP contribution in [0.3, 0.4) is 0 Å². The molecule has 1 aromatic carbocycles. The second-order valence-electron chi connectivity index (χ2n) is 5.85. The van der Waals surface area contributed by atoms with E-state index in [0.717, 1.165) is 5.56 Å². The molecule has 0 spiro atoms. The van der Waals surface area contributed by atoms with Crippen LogP contribution >= 0.6 is 0 Å². The Labute approximate surface area is 117 Å². The van der Waals surface area contributed by atoms with Gasteiger partial charge in [0, 0.05) is 29.4 Å². The fraction of sp³-hybridized carbons (Fsp3) is 0.400. The van der Waals surface area contributed by atoms with Crippen LogP contribution in [0.1, 0.15) is 31.9 Å². The zero-order valence-corrected chi connectivity index (χ0v) is 12.0. The van der Waals surface area contributed by atoms with Gasteiger partial charge in [-0.15, -0.1) is 0 Å². The van der Waals surface area contributed by atoms with Gasteiger partial charge in [0.15, 0.2) is 0 Å². The highest BCUT2D eigenvalue weighted by Crippen LogP contribution is 2.14. The van der Waals surface area contributed by atoms with Crippen LogP contribution in [-0.2, 0) is 13.1 Å². The van der Waals surface area contributed by atoms with Crippen LogP contribution in [0.2, 0.25) is 0 Å². The van der Waals surface area contributed by atoms with Gasteiger partial charge in [-0.3, -0.25) is 4.68 Å². The molecule has 0 bridgehead atoms. The molecule has 5 heteroatoms. The van der Waals surface area contributed by atoms with E-state index in [1.54, 1.807) is 17.1 Å². The van der Waals surface area contributed by atoms with Crippen LogP contribution in [0.5, 0.6) is 0 Å². The molecule has 3 nitrogen and oxygen atoms in total. The van der Waals surface area contributed by atoms with Gasteiger partial charge in [0.25, 0.3) is 0 Å². The maximum Gasteiger partial charge on any atom is 0.131 e. The van der Waals surface area contributed by atoms with Crippen molar-refractivity contribution in [2.45, 2.75) is 39.4 Å². The Morgan fingerprint density at radius 1 is 1.20 bits per heavy atom. The van der Waals surface area contributed by atoms with Crippen LogP contribution in [-0.4, -0.2) is 15.3 Å². The standard InChI is InChI=1S/C15H19F2N3/c1-15(2,3)18-7-11-8-19-20(9-11)10-12-13(16)5-4-6-14(12)17/h4-6,8-9,18H,7,10H2,1-3H3. The van der Waals surface area contributed by atoms with Crippen LogP contribution in [0.15, 0.2) is 30.6 Å². The number of benzene rings is 1. The van der Waals surface area contributed by atoms with Crippen molar-refractivity contribution in [3.63, 3.8) is 0 Å². The summed E-state index contributed by atoms with van der Waals surface area (Å²) in [7, 11) is 0. The first-order valence-electron chi connectivity index (χ1n) is 6.54. The Kier molecular flexibility index (Phi) is 4.18. The Morgan fingerprint density at radius 2 is 1.85 bits per heavy atom. The molecule has 1 N–H and O–H groups in total. The second-order valence-corrected chi connectivity index (χ2v) is 5.85. The summed E-state index contributed by atoms with van der Waals surface area (Å²) in [4.78, 5) is 0. The predicted octanol–water partition coefficient (Wildman–Crippen LogP) is 3.10. The van der Waals surface area contributed by atoms with Crippen LogP contribution in [0.25, 0.3) is 0 Å². The van der Waals surface area contributed by atoms with E-state index in [-0.39, 0.29) is 17.6 Å². The molecule has 0 atom stereocenters. The van der Waals surface area contributed by atoms with E-state index in [2.05, 4.69) is 31.2 Å². The van der Waals surface area contributed by atoms with Crippen molar-refractivity contribution in [2.24, 2.45) is 0 Å². The molecule has 0 aliphatic rings. The Bertz CT molecular complexity index is 565. The Hall–Kier alpha value is -1.75. The fourth-order valence-electron chi connectivity index (χ4n) is 1.80. The van der Waals surface area contributed by atoms with E-state index in [0.29, 0.717) is 6.54 Å². The maximum atomic E-state index is 13.6. The number of aromatic nitrogens is 2. The minimum atomic E-state index is -0.546. The molecule has 108 valence electrons. The number of hydrogen-bond donors (Lipinski definition) is 1. The topological polar surface area (TPSA) is 29.9 Å². The first-order chi connectivity index (χ1) is 9.35. The number of nitrogens with one attached hydrogen (secondary N) is 1. The second kappa shape index (κ2) is 5.71. The third kappa shape index (κ3) is 3.87. The summed E-state index contributed by atoms with van der Waals surface area (Å²) >= 11 is 0. The molecule has 0 radical (unpaired) electrons. The summed E-state index contributed by atoms with van der Waals surface area (Å²) in [5, 5.41) is 7.47. The van der Waals surface area contributed by atoms with Gasteiger partial charge < -0.3 is 5.32 Å². The maximum absolute atomic E-state index is 13.6. The number of rotatable bonds is 4. The summed E-state index contributed by atoms with van der Waals surface area (Å²) in [6, 6.07) is 3.86. The predicted molar refractivity (Wildman–Crippen MR) is 74.3 cm³/mol. The zero-order valence-electron chi connectivity index (χ0n) is 12.0. The zero-order chi connectivity index (χ0) is 14.8. The molecule has 0 fully saturated rings. The largest absolute Gasteiger partial charge is 0.308 e. The van der Waals surface area contributed by atoms with E-state index in [4.69, 9.17) is 0 Å².